The van der Waals surface area contributed by atoms with Crippen molar-refractivity contribution in [3.63, 3.8) is 0 Å². The van der Waals surface area contributed by atoms with Crippen LogP contribution in [-0.4, -0.2) is 5.78 Å². The van der Waals surface area contributed by atoms with Crippen molar-refractivity contribution in [3.05, 3.63) is 41.5 Å². The number of rotatable bonds is 5. The summed E-state index contributed by atoms with van der Waals surface area (Å²) in [6.07, 6.45) is 5.29. The number of carbonyl (C=O) groups excluding carboxylic acids is 1. The molecule has 0 saturated carbocycles. The number of hydrogen-bond donors (Lipinski definition) is 0. The highest BCUT2D eigenvalue weighted by atomic mass is 16.1. The highest BCUT2D eigenvalue weighted by Gasteiger charge is 1.98. The molecule has 0 aliphatic heterocycles. The molecule has 0 spiro atoms. The third-order valence-corrected chi connectivity index (χ3v) is 2.65. The molecule has 1 heteroatoms. The lowest BCUT2D eigenvalue weighted by Gasteiger charge is -2.03. The number of unbranched alkanes of at least 4 members (excludes halogenated alkanes) is 1. The van der Waals surface area contributed by atoms with Crippen LogP contribution in [0.2, 0.25) is 0 Å². The summed E-state index contributed by atoms with van der Waals surface area (Å²) >= 11 is 0. The molecule has 0 aromatic heterocycles. The molecule has 0 bridgehead atoms. The van der Waals surface area contributed by atoms with Gasteiger partial charge >= 0.3 is 0 Å². The summed E-state index contributed by atoms with van der Waals surface area (Å²) in [5.41, 5.74) is 3.55. The summed E-state index contributed by atoms with van der Waals surface area (Å²) < 4.78 is 0. The highest BCUT2D eigenvalue weighted by molar-refractivity contribution is 5.94. The van der Waals surface area contributed by atoms with Gasteiger partial charge in [-0.05, 0) is 49.5 Å². The number of ketones is 1. The van der Waals surface area contributed by atoms with Gasteiger partial charge in [0.05, 0.1) is 0 Å². The fourth-order valence-corrected chi connectivity index (χ4v) is 1.70. The Morgan fingerprint density at radius 1 is 1.11 bits per heavy atom. The van der Waals surface area contributed by atoms with Crippen LogP contribution in [0.4, 0.5) is 0 Å². The molecule has 1 aromatic rings. The minimum atomic E-state index is 0.104. The first-order chi connectivity index (χ1) is 8.63. The zero-order chi connectivity index (χ0) is 14.0. The fourth-order valence-electron chi connectivity index (χ4n) is 1.70. The smallest absolute Gasteiger partial charge is 0.152 e. The second-order valence-electron chi connectivity index (χ2n) is 4.24. The minimum Gasteiger partial charge on any atom is -0.295 e. The monoisotopic (exact) mass is 246 g/mol. The van der Waals surface area contributed by atoms with Crippen molar-refractivity contribution in [2.45, 2.75) is 53.9 Å². The molecular weight excluding hydrogens is 220 g/mol. The third-order valence-electron chi connectivity index (χ3n) is 2.65. The lowest BCUT2D eigenvalue weighted by atomic mass is 10.0. The third kappa shape index (κ3) is 6.39. The van der Waals surface area contributed by atoms with Crippen molar-refractivity contribution in [2.75, 3.05) is 0 Å². The number of hydrogen-bond acceptors (Lipinski definition) is 1. The summed E-state index contributed by atoms with van der Waals surface area (Å²) in [6.45, 7) is 9.76. The largest absolute Gasteiger partial charge is 0.295 e. The van der Waals surface area contributed by atoms with Crippen molar-refractivity contribution < 1.29 is 4.79 Å². The lowest BCUT2D eigenvalue weighted by molar-refractivity contribution is -0.112. The van der Waals surface area contributed by atoms with Gasteiger partial charge in [-0.15, -0.1) is 0 Å². The molecule has 1 rings (SSSR count). The zero-order valence-corrected chi connectivity index (χ0v) is 12.4. The number of benzene rings is 1. The molecule has 100 valence electrons. The highest BCUT2D eigenvalue weighted by Crippen LogP contribution is 2.15. The predicted octanol–water partition coefficient (Wildman–Crippen LogP) is 5.05. The van der Waals surface area contributed by atoms with Crippen LogP contribution in [0.1, 0.15) is 58.6 Å². The van der Waals surface area contributed by atoms with Crippen molar-refractivity contribution >= 4 is 11.4 Å². The van der Waals surface area contributed by atoms with Gasteiger partial charge in [-0.1, -0.05) is 51.5 Å². The first kappa shape index (κ1) is 16.6. The van der Waals surface area contributed by atoms with Crippen LogP contribution in [0.15, 0.2) is 30.3 Å². The summed E-state index contributed by atoms with van der Waals surface area (Å²) in [7, 11) is 0. The van der Waals surface area contributed by atoms with Crippen LogP contribution >= 0.6 is 0 Å². The van der Waals surface area contributed by atoms with Crippen molar-refractivity contribution in [1.29, 1.82) is 0 Å². The van der Waals surface area contributed by atoms with E-state index in [1.165, 1.54) is 18.4 Å². The number of allylic oxidation sites excluding steroid dienone is 2. The van der Waals surface area contributed by atoms with Crippen molar-refractivity contribution in [2.24, 2.45) is 0 Å². The van der Waals surface area contributed by atoms with Crippen LogP contribution in [0, 0.1) is 0 Å². The quantitative estimate of drug-likeness (QED) is 0.665. The van der Waals surface area contributed by atoms with E-state index in [-0.39, 0.29) is 5.78 Å². The average Bonchev–Trinajstić information content (AvgIpc) is 2.38. The molecule has 0 radical (unpaired) electrons. The van der Waals surface area contributed by atoms with E-state index in [1.807, 2.05) is 20.8 Å². The van der Waals surface area contributed by atoms with Gasteiger partial charge in [0.2, 0.25) is 0 Å². The van der Waals surface area contributed by atoms with Gasteiger partial charge in [0.15, 0.2) is 5.78 Å². The standard InChI is InChI=1S/C15H20O.C2H6/c1-4-5-6-14-7-9-15(10-8-14)12(2)11-13(3)16;1-2/h7-11H,4-6H2,1-3H3;1-2H3/b12-11+;. The second-order valence-corrected chi connectivity index (χ2v) is 4.24. The lowest BCUT2D eigenvalue weighted by Crippen LogP contribution is -1.88. The Hall–Kier alpha value is -1.37. The van der Waals surface area contributed by atoms with E-state index in [9.17, 15) is 4.79 Å². The second kappa shape index (κ2) is 9.64. The predicted molar refractivity (Wildman–Crippen MR) is 80.7 cm³/mol. The molecule has 0 unspecified atom stereocenters. The Balaban J connectivity index is 0.00000137. The molecule has 0 atom stereocenters. The molecule has 0 amide bonds. The Morgan fingerprint density at radius 2 is 1.67 bits per heavy atom. The van der Waals surface area contributed by atoms with Gasteiger partial charge < -0.3 is 0 Å². The maximum Gasteiger partial charge on any atom is 0.152 e. The maximum atomic E-state index is 11.0. The van der Waals surface area contributed by atoms with Crippen molar-refractivity contribution in [3.8, 4) is 0 Å². The Morgan fingerprint density at radius 3 is 2.11 bits per heavy atom. The fraction of sp³-hybridized carbons (Fsp3) is 0.471. The zero-order valence-electron chi connectivity index (χ0n) is 12.4. The Kier molecular flexibility index (Phi) is 8.91. The molecule has 18 heavy (non-hydrogen) atoms. The van der Waals surface area contributed by atoms with Crippen LogP contribution in [0.5, 0.6) is 0 Å². The molecular formula is C17H26O. The van der Waals surface area contributed by atoms with Gasteiger partial charge in [-0.3, -0.25) is 4.79 Å². The van der Waals surface area contributed by atoms with E-state index in [0.717, 1.165) is 17.6 Å². The summed E-state index contributed by atoms with van der Waals surface area (Å²) in [4.78, 5) is 11.0. The molecule has 1 aromatic carbocycles. The van der Waals surface area contributed by atoms with Gasteiger partial charge in [0.25, 0.3) is 0 Å². The SMILES string of the molecule is CC.CCCCc1ccc(/C(C)=C/C(C)=O)cc1. The number of aryl methyl sites for hydroxylation is 1. The minimum absolute atomic E-state index is 0.104. The van der Waals surface area contributed by atoms with E-state index < -0.39 is 0 Å². The van der Waals surface area contributed by atoms with Gasteiger partial charge in [-0.25, -0.2) is 0 Å². The number of carbonyl (C=O) groups is 1. The van der Waals surface area contributed by atoms with E-state index >= 15 is 0 Å². The first-order valence-corrected chi connectivity index (χ1v) is 6.91. The maximum absolute atomic E-state index is 11.0. The molecule has 0 heterocycles. The molecule has 0 fully saturated rings. The van der Waals surface area contributed by atoms with E-state index in [2.05, 4.69) is 31.2 Å². The molecule has 0 aliphatic rings. The molecule has 0 aliphatic carbocycles. The van der Waals surface area contributed by atoms with Crippen LogP contribution in [0.25, 0.3) is 5.57 Å². The Labute approximate surface area is 112 Å². The van der Waals surface area contributed by atoms with Gasteiger partial charge in [0.1, 0.15) is 0 Å². The topological polar surface area (TPSA) is 17.1 Å². The van der Waals surface area contributed by atoms with E-state index in [0.29, 0.717) is 0 Å². The Bertz CT molecular complexity index is 371. The molecule has 0 N–H and O–H groups in total. The summed E-state index contributed by atoms with van der Waals surface area (Å²) in [6, 6.07) is 8.50. The first-order valence-electron chi connectivity index (χ1n) is 6.91. The average molecular weight is 246 g/mol. The summed E-state index contributed by atoms with van der Waals surface area (Å²) in [5.74, 6) is 0.104. The van der Waals surface area contributed by atoms with E-state index in [1.54, 1.807) is 13.0 Å². The van der Waals surface area contributed by atoms with E-state index in [4.69, 9.17) is 0 Å². The molecule has 1 nitrogen and oxygen atoms in total. The van der Waals surface area contributed by atoms with Gasteiger partial charge in [-0.2, -0.15) is 0 Å². The molecule has 0 saturated heterocycles. The van der Waals surface area contributed by atoms with Gasteiger partial charge in [0, 0.05) is 0 Å². The van der Waals surface area contributed by atoms with Crippen LogP contribution in [0.3, 0.4) is 0 Å². The van der Waals surface area contributed by atoms with Crippen LogP contribution < -0.4 is 0 Å². The summed E-state index contributed by atoms with van der Waals surface area (Å²) in [5, 5.41) is 0. The van der Waals surface area contributed by atoms with Crippen LogP contribution in [-0.2, 0) is 11.2 Å². The normalized spacial score (nSPS) is 10.6. The van der Waals surface area contributed by atoms with Crippen molar-refractivity contribution in [1.82, 2.24) is 0 Å².